The second-order valence-electron chi connectivity index (χ2n) is 6.94. The molecule has 1 N–H and O–H groups in total. The lowest BCUT2D eigenvalue weighted by Gasteiger charge is -2.36. The topological polar surface area (TPSA) is 36.4 Å². The maximum absolute atomic E-state index is 10.7. The van der Waals surface area contributed by atoms with E-state index in [2.05, 4.69) is 16.8 Å². The lowest BCUT2D eigenvalue weighted by Crippen LogP contribution is -2.41. The predicted molar refractivity (Wildman–Crippen MR) is 107 cm³/mol. The Balaban J connectivity index is 1.52. The molecular weight excluding hydrogens is 391 g/mol. The van der Waals surface area contributed by atoms with Crippen LogP contribution in [-0.4, -0.2) is 34.1 Å². The molecule has 26 heavy (non-hydrogen) atoms. The normalized spacial score (nSPS) is 20.9. The van der Waals surface area contributed by atoms with Crippen LogP contribution in [0.1, 0.15) is 36.3 Å². The van der Waals surface area contributed by atoms with E-state index in [1.54, 1.807) is 18.3 Å². The molecule has 1 aromatic heterocycles. The summed E-state index contributed by atoms with van der Waals surface area (Å²) in [6.07, 6.45) is 2.92. The van der Waals surface area contributed by atoms with E-state index in [4.69, 9.17) is 34.8 Å². The highest BCUT2D eigenvalue weighted by atomic mass is 35.5. The summed E-state index contributed by atoms with van der Waals surface area (Å²) in [7, 11) is 0. The Bertz CT molecular complexity index is 897. The van der Waals surface area contributed by atoms with Gasteiger partial charge >= 0.3 is 0 Å². The molecule has 2 atom stereocenters. The molecule has 0 saturated heterocycles. The lowest BCUT2D eigenvalue weighted by atomic mass is 9.93. The molecule has 1 aliphatic heterocycles. The van der Waals surface area contributed by atoms with Crippen LogP contribution in [0.2, 0.25) is 15.1 Å². The summed E-state index contributed by atoms with van der Waals surface area (Å²) in [5.41, 5.74) is 5.86. The second-order valence-corrected chi connectivity index (χ2v) is 8.19. The third-order valence-corrected chi connectivity index (χ3v) is 6.39. The molecule has 136 valence electrons. The number of pyridine rings is 1. The SMILES string of the molecule is CC1C2=C(CCN1CC(O)c1ccc(Cl)c(Cl)c1)c1cc(Cl)cnc1C2. The number of aromatic nitrogens is 1. The highest BCUT2D eigenvalue weighted by Crippen LogP contribution is 2.41. The maximum Gasteiger partial charge on any atom is 0.0917 e. The molecule has 0 saturated carbocycles. The summed E-state index contributed by atoms with van der Waals surface area (Å²) >= 11 is 18.2. The number of β-amino-alcohol motifs (C(OH)–C–C–N with tert-alkyl or cyclic N) is 1. The van der Waals surface area contributed by atoms with Gasteiger partial charge in [-0.3, -0.25) is 9.88 Å². The van der Waals surface area contributed by atoms with Gasteiger partial charge < -0.3 is 5.11 Å². The third kappa shape index (κ3) is 3.28. The molecule has 4 rings (SSSR count). The van der Waals surface area contributed by atoms with Gasteiger partial charge in [0.05, 0.1) is 26.9 Å². The zero-order valence-electron chi connectivity index (χ0n) is 14.3. The summed E-state index contributed by atoms with van der Waals surface area (Å²) in [6, 6.07) is 7.58. The molecule has 1 aliphatic carbocycles. The second kappa shape index (κ2) is 7.14. The van der Waals surface area contributed by atoms with Crippen LogP contribution in [0.3, 0.4) is 0 Å². The van der Waals surface area contributed by atoms with Crippen molar-refractivity contribution >= 4 is 40.4 Å². The van der Waals surface area contributed by atoms with Gasteiger partial charge in [-0.25, -0.2) is 0 Å². The van der Waals surface area contributed by atoms with Crippen molar-refractivity contribution in [3.05, 3.63) is 67.9 Å². The first-order chi connectivity index (χ1) is 12.4. The van der Waals surface area contributed by atoms with Gasteiger partial charge in [0.15, 0.2) is 0 Å². The number of aliphatic hydroxyl groups is 1. The number of nitrogens with zero attached hydrogens (tertiary/aromatic N) is 2. The molecule has 0 spiro atoms. The number of hydrogen-bond donors (Lipinski definition) is 1. The van der Waals surface area contributed by atoms with Gasteiger partial charge in [-0.2, -0.15) is 0 Å². The summed E-state index contributed by atoms with van der Waals surface area (Å²) in [5.74, 6) is 0. The standard InChI is InChI=1S/C20H19Cl3N2O/c1-11-15-8-19-16(7-13(21)9-24-19)14(15)4-5-25(11)10-20(26)12-2-3-17(22)18(23)6-12/h2-3,6-7,9,11,20,26H,4-5,8,10H2,1H3. The van der Waals surface area contributed by atoms with Crippen LogP contribution in [0.25, 0.3) is 5.57 Å². The number of rotatable bonds is 3. The molecule has 6 heteroatoms. The summed E-state index contributed by atoms with van der Waals surface area (Å²) in [6.45, 7) is 3.65. The van der Waals surface area contributed by atoms with Crippen molar-refractivity contribution < 1.29 is 5.11 Å². The monoisotopic (exact) mass is 408 g/mol. The van der Waals surface area contributed by atoms with Crippen molar-refractivity contribution in [1.29, 1.82) is 0 Å². The average molecular weight is 410 g/mol. The van der Waals surface area contributed by atoms with E-state index in [1.807, 2.05) is 12.1 Å². The van der Waals surface area contributed by atoms with Crippen molar-refractivity contribution in [2.45, 2.75) is 31.9 Å². The number of halogens is 3. The first kappa shape index (κ1) is 18.3. The summed E-state index contributed by atoms with van der Waals surface area (Å²) in [4.78, 5) is 6.82. The van der Waals surface area contributed by atoms with Crippen molar-refractivity contribution in [2.75, 3.05) is 13.1 Å². The fraction of sp³-hybridized carbons (Fsp3) is 0.350. The zero-order valence-corrected chi connectivity index (χ0v) is 16.6. The van der Waals surface area contributed by atoms with Crippen molar-refractivity contribution in [3.8, 4) is 0 Å². The number of hydrogen-bond acceptors (Lipinski definition) is 3. The van der Waals surface area contributed by atoms with Crippen molar-refractivity contribution in [1.82, 2.24) is 9.88 Å². The van der Waals surface area contributed by atoms with Crippen molar-refractivity contribution in [3.63, 3.8) is 0 Å². The Labute approximate surface area is 168 Å². The lowest BCUT2D eigenvalue weighted by molar-refractivity contribution is 0.0977. The van der Waals surface area contributed by atoms with Gasteiger partial charge in [0.25, 0.3) is 0 Å². The summed E-state index contributed by atoms with van der Waals surface area (Å²) < 4.78 is 0. The van der Waals surface area contributed by atoms with Crippen LogP contribution in [0.4, 0.5) is 0 Å². The molecular formula is C20H19Cl3N2O. The Hall–Kier alpha value is -1.10. The Morgan fingerprint density at radius 3 is 2.81 bits per heavy atom. The van der Waals surface area contributed by atoms with Gasteiger partial charge in [0.1, 0.15) is 0 Å². The smallest absolute Gasteiger partial charge is 0.0917 e. The van der Waals surface area contributed by atoms with Crippen LogP contribution in [0.15, 0.2) is 36.0 Å². The quantitative estimate of drug-likeness (QED) is 0.759. The molecule has 0 amide bonds. The minimum absolute atomic E-state index is 0.254. The van der Waals surface area contributed by atoms with E-state index in [9.17, 15) is 5.11 Å². The van der Waals surface area contributed by atoms with Crippen molar-refractivity contribution in [2.24, 2.45) is 0 Å². The number of fused-ring (bicyclic) bond motifs is 2. The van der Waals surface area contributed by atoms with E-state index < -0.39 is 6.10 Å². The van der Waals surface area contributed by atoms with Crippen LogP contribution in [0.5, 0.6) is 0 Å². The van der Waals surface area contributed by atoms with E-state index >= 15 is 0 Å². The van der Waals surface area contributed by atoms with Crippen LogP contribution in [-0.2, 0) is 6.42 Å². The molecule has 2 aliphatic rings. The summed E-state index contributed by atoms with van der Waals surface area (Å²) in [5, 5.41) is 12.3. The highest BCUT2D eigenvalue weighted by molar-refractivity contribution is 6.42. The van der Waals surface area contributed by atoms with E-state index in [0.717, 1.165) is 30.6 Å². The van der Waals surface area contributed by atoms with E-state index in [-0.39, 0.29) is 6.04 Å². The Morgan fingerprint density at radius 2 is 2.04 bits per heavy atom. The zero-order chi connectivity index (χ0) is 18.4. The van der Waals surface area contributed by atoms with Crippen LogP contribution < -0.4 is 0 Å². The molecule has 2 aromatic rings. The molecule has 0 bridgehead atoms. The highest BCUT2D eigenvalue weighted by Gasteiger charge is 2.33. The number of benzene rings is 1. The Morgan fingerprint density at radius 1 is 1.23 bits per heavy atom. The van der Waals surface area contributed by atoms with Gasteiger partial charge in [-0.1, -0.05) is 40.9 Å². The van der Waals surface area contributed by atoms with Crippen LogP contribution in [0, 0.1) is 0 Å². The van der Waals surface area contributed by atoms with Gasteiger partial charge in [-0.15, -0.1) is 0 Å². The first-order valence-corrected chi connectivity index (χ1v) is 9.81. The first-order valence-electron chi connectivity index (χ1n) is 8.68. The maximum atomic E-state index is 10.7. The average Bonchev–Trinajstić information content (AvgIpc) is 2.98. The van der Waals surface area contributed by atoms with E-state index in [0.29, 0.717) is 21.6 Å². The minimum Gasteiger partial charge on any atom is -0.387 e. The van der Waals surface area contributed by atoms with Gasteiger partial charge in [0, 0.05) is 37.3 Å². The Kier molecular flexibility index (Phi) is 5.02. The van der Waals surface area contributed by atoms with E-state index in [1.165, 1.54) is 16.7 Å². The third-order valence-electron chi connectivity index (χ3n) is 5.44. The van der Waals surface area contributed by atoms with Gasteiger partial charge in [-0.05, 0) is 48.3 Å². The molecule has 2 unspecified atom stereocenters. The largest absolute Gasteiger partial charge is 0.387 e. The fourth-order valence-corrected chi connectivity index (χ4v) is 4.46. The predicted octanol–water partition coefficient (Wildman–Crippen LogP) is 5.18. The van der Waals surface area contributed by atoms with Crippen LogP contribution >= 0.6 is 34.8 Å². The fourth-order valence-electron chi connectivity index (χ4n) is 3.99. The molecule has 0 fully saturated rings. The number of aliphatic hydroxyl groups excluding tert-OH is 1. The molecule has 1 aromatic carbocycles. The molecule has 2 heterocycles. The van der Waals surface area contributed by atoms with Gasteiger partial charge in [0.2, 0.25) is 0 Å². The molecule has 3 nitrogen and oxygen atoms in total. The minimum atomic E-state index is -0.606. The molecule has 0 radical (unpaired) electrons.